The van der Waals surface area contributed by atoms with E-state index in [0.717, 1.165) is 0 Å². The Morgan fingerprint density at radius 2 is 2.10 bits per heavy atom. The predicted octanol–water partition coefficient (Wildman–Crippen LogP) is 1.76. The van der Waals surface area contributed by atoms with Crippen LogP contribution in [0.25, 0.3) is 0 Å². The molecule has 2 aromatic rings. The molecule has 0 fully saturated rings. The van der Waals surface area contributed by atoms with Gasteiger partial charge in [-0.05, 0) is 31.2 Å². The van der Waals surface area contributed by atoms with Crippen LogP contribution in [0.1, 0.15) is 24.3 Å². The van der Waals surface area contributed by atoms with Crippen LogP contribution in [-0.2, 0) is 16.1 Å². The average Bonchev–Trinajstić information content (AvgIpc) is 2.91. The van der Waals surface area contributed by atoms with Gasteiger partial charge >= 0.3 is 5.97 Å². The molecule has 0 bridgehead atoms. The van der Waals surface area contributed by atoms with Crippen molar-refractivity contribution in [1.29, 1.82) is 5.26 Å². The van der Waals surface area contributed by atoms with Gasteiger partial charge in [-0.25, -0.2) is 4.79 Å². The van der Waals surface area contributed by atoms with E-state index in [-0.39, 0.29) is 12.5 Å². The molecular weight excluding hydrogens is 274 g/mol. The number of esters is 1. The third kappa shape index (κ3) is 4.04. The summed E-state index contributed by atoms with van der Waals surface area (Å²) >= 11 is 0. The number of hydrogen-bond donors (Lipinski definition) is 0. The SMILES string of the molecule is Cc1nnc(COC(=O)[C@H](C)Oc2ccc(C#N)cc2)o1. The van der Waals surface area contributed by atoms with Gasteiger partial charge in [-0.2, -0.15) is 5.26 Å². The normalized spacial score (nSPS) is 11.5. The molecule has 0 N–H and O–H groups in total. The van der Waals surface area contributed by atoms with Crippen molar-refractivity contribution in [2.75, 3.05) is 0 Å². The van der Waals surface area contributed by atoms with Crippen LogP contribution < -0.4 is 4.74 Å². The number of rotatable bonds is 5. The van der Waals surface area contributed by atoms with E-state index in [0.29, 0.717) is 17.2 Å². The van der Waals surface area contributed by atoms with E-state index in [4.69, 9.17) is 19.2 Å². The Bertz CT molecular complexity index is 658. The highest BCUT2D eigenvalue weighted by molar-refractivity contribution is 5.74. The van der Waals surface area contributed by atoms with Crippen LogP contribution in [0.4, 0.5) is 0 Å². The summed E-state index contributed by atoms with van der Waals surface area (Å²) in [5.74, 6) is 0.566. The molecule has 0 spiro atoms. The second-order valence-electron chi connectivity index (χ2n) is 4.22. The highest BCUT2D eigenvalue weighted by atomic mass is 16.6. The summed E-state index contributed by atoms with van der Waals surface area (Å²) in [6.45, 7) is 3.12. The number of aryl methyl sites for hydroxylation is 1. The van der Waals surface area contributed by atoms with Gasteiger partial charge in [-0.1, -0.05) is 0 Å². The summed E-state index contributed by atoms with van der Waals surface area (Å²) in [6.07, 6.45) is -0.790. The molecule has 1 heterocycles. The number of benzene rings is 1. The Morgan fingerprint density at radius 1 is 1.38 bits per heavy atom. The number of hydrogen-bond acceptors (Lipinski definition) is 7. The third-order valence-corrected chi connectivity index (χ3v) is 2.53. The topological polar surface area (TPSA) is 98.2 Å². The fourth-order valence-corrected chi connectivity index (χ4v) is 1.51. The van der Waals surface area contributed by atoms with Gasteiger partial charge in [0, 0.05) is 6.92 Å². The fourth-order valence-electron chi connectivity index (χ4n) is 1.51. The summed E-state index contributed by atoms with van der Waals surface area (Å²) in [5, 5.41) is 16.0. The number of aromatic nitrogens is 2. The Hall–Kier alpha value is -2.88. The minimum absolute atomic E-state index is 0.0965. The third-order valence-electron chi connectivity index (χ3n) is 2.53. The van der Waals surface area contributed by atoms with E-state index in [1.54, 1.807) is 38.1 Å². The molecule has 1 atom stereocenters. The standard InChI is InChI=1S/C14H13N3O4/c1-9(20-12-5-3-11(7-15)4-6-12)14(18)19-8-13-17-16-10(2)21-13/h3-6,9H,8H2,1-2H3/t9-/m0/s1. The number of carbonyl (C=O) groups is 1. The molecule has 0 radical (unpaired) electrons. The van der Waals surface area contributed by atoms with Gasteiger partial charge < -0.3 is 13.9 Å². The van der Waals surface area contributed by atoms with Crippen LogP contribution in [0.2, 0.25) is 0 Å². The van der Waals surface area contributed by atoms with Crippen LogP contribution in [0.3, 0.4) is 0 Å². The van der Waals surface area contributed by atoms with Crippen molar-refractivity contribution >= 4 is 5.97 Å². The second-order valence-corrected chi connectivity index (χ2v) is 4.22. The first-order valence-electron chi connectivity index (χ1n) is 6.21. The van der Waals surface area contributed by atoms with E-state index < -0.39 is 12.1 Å². The monoisotopic (exact) mass is 287 g/mol. The Labute approximate surface area is 121 Å². The number of nitrogens with zero attached hydrogens (tertiary/aromatic N) is 3. The molecule has 1 aromatic heterocycles. The van der Waals surface area contributed by atoms with Crippen molar-refractivity contribution in [2.45, 2.75) is 26.6 Å². The van der Waals surface area contributed by atoms with Crippen molar-refractivity contribution in [3.05, 3.63) is 41.6 Å². The zero-order valence-corrected chi connectivity index (χ0v) is 11.6. The Balaban J connectivity index is 1.85. The van der Waals surface area contributed by atoms with Gasteiger partial charge in [0.2, 0.25) is 5.89 Å². The van der Waals surface area contributed by atoms with Crippen molar-refractivity contribution in [3.63, 3.8) is 0 Å². The molecule has 0 saturated carbocycles. The lowest BCUT2D eigenvalue weighted by Gasteiger charge is -2.13. The van der Waals surface area contributed by atoms with Gasteiger partial charge in [0.05, 0.1) is 11.6 Å². The fraction of sp³-hybridized carbons (Fsp3) is 0.286. The maximum absolute atomic E-state index is 11.8. The maximum atomic E-state index is 11.8. The molecule has 7 nitrogen and oxygen atoms in total. The predicted molar refractivity (Wildman–Crippen MR) is 70.1 cm³/mol. The number of ether oxygens (including phenoxy) is 2. The van der Waals surface area contributed by atoms with Crippen molar-refractivity contribution in [2.24, 2.45) is 0 Å². The van der Waals surface area contributed by atoms with Crippen LogP contribution in [0.15, 0.2) is 28.7 Å². The summed E-state index contributed by atoms with van der Waals surface area (Å²) < 4.78 is 15.5. The van der Waals surface area contributed by atoms with Gasteiger partial charge in [0.1, 0.15) is 5.75 Å². The first-order valence-corrected chi connectivity index (χ1v) is 6.21. The zero-order valence-electron chi connectivity index (χ0n) is 11.6. The molecule has 2 rings (SSSR count). The summed E-state index contributed by atoms with van der Waals surface area (Å²) in [5.41, 5.74) is 0.518. The van der Waals surface area contributed by atoms with Crippen molar-refractivity contribution in [3.8, 4) is 11.8 Å². The molecular formula is C14H13N3O4. The number of carbonyl (C=O) groups excluding carboxylic acids is 1. The van der Waals surface area contributed by atoms with E-state index in [1.165, 1.54) is 0 Å². The molecule has 21 heavy (non-hydrogen) atoms. The van der Waals surface area contributed by atoms with Crippen LogP contribution in [0, 0.1) is 18.3 Å². The van der Waals surface area contributed by atoms with Crippen LogP contribution >= 0.6 is 0 Å². The van der Waals surface area contributed by atoms with Gasteiger partial charge in [0.25, 0.3) is 5.89 Å². The summed E-state index contributed by atoms with van der Waals surface area (Å²) in [7, 11) is 0. The molecule has 0 saturated heterocycles. The second kappa shape index (κ2) is 6.52. The lowest BCUT2D eigenvalue weighted by atomic mass is 10.2. The van der Waals surface area contributed by atoms with E-state index in [2.05, 4.69) is 10.2 Å². The van der Waals surface area contributed by atoms with E-state index in [1.807, 2.05) is 6.07 Å². The zero-order chi connectivity index (χ0) is 15.2. The van der Waals surface area contributed by atoms with E-state index >= 15 is 0 Å². The smallest absolute Gasteiger partial charge is 0.347 e. The van der Waals surface area contributed by atoms with Crippen molar-refractivity contribution < 1.29 is 18.7 Å². The molecule has 7 heteroatoms. The lowest BCUT2D eigenvalue weighted by molar-refractivity contribution is -0.153. The molecule has 1 aromatic carbocycles. The summed E-state index contributed by atoms with van der Waals surface area (Å²) in [4.78, 5) is 11.8. The molecule has 0 unspecified atom stereocenters. The van der Waals surface area contributed by atoms with Gasteiger partial charge in [-0.3, -0.25) is 0 Å². The minimum Gasteiger partial charge on any atom is -0.479 e. The molecule has 0 amide bonds. The van der Waals surface area contributed by atoms with Crippen LogP contribution in [-0.4, -0.2) is 22.3 Å². The summed E-state index contributed by atoms with van der Waals surface area (Å²) in [6, 6.07) is 8.44. The molecule has 108 valence electrons. The molecule has 0 aliphatic rings. The highest BCUT2D eigenvalue weighted by Gasteiger charge is 2.17. The first kappa shape index (κ1) is 14.5. The van der Waals surface area contributed by atoms with Gasteiger partial charge in [0.15, 0.2) is 12.7 Å². The largest absolute Gasteiger partial charge is 0.479 e. The Kier molecular flexibility index (Phi) is 4.51. The maximum Gasteiger partial charge on any atom is 0.347 e. The van der Waals surface area contributed by atoms with E-state index in [9.17, 15) is 4.79 Å². The quantitative estimate of drug-likeness (QED) is 0.772. The molecule has 0 aliphatic carbocycles. The average molecular weight is 287 g/mol. The Morgan fingerprint density at radius 3 is 2.67 bits per heavy atom. The lowest BCUT2D eigenvalue weighted by Crippen LogP contribution is -2.26. The van der Waals surface area contributed by atoms with Gasteiger partial charge in [-0.15, -0.1) is 10.2 Å². The first-order chi connectivity index (χ1) is 10.1. The number of nitriles is 1. The van der Waals surface area contributed by atoms with Crippen molar-refractivity contribution in [1.82, 2.24) is 10.2 Å². The van der Waals surface area contributed by atoms with Crippen LogP contribution in [0.5, 0.6) is 5.75 Å². The molecule has 0 aliphatic heterocycles. The minimum atomic E-state index is -0.790. The highest BCUT2D eigenvalue weighted by Crippen LogP contribution is 2.14.